The Morgan fingerprint density at radius 3 is 2.76 bits per heavy atom. The molecule has 1 aromatic heterocycles. The van der Waals surface area contributed by atoms with Gasteiger partial charge in [-0.05, 0) is 12.1 Å². The third-order valence-corrected chi connectivity index (χ3v) is 2.02. The number of aliphatic carboxylic acids is 1. The van der Waals surface area contributed by atoms with Gasteiger partial charge in [0.25, 0.3) is 12.3 Å². The molecule has 1 aromatic rings. The van der Waals surface area contributed by atoms with Gasteiger partial charge in [-0.15, -0.1) is 0 Å². The number of nitrogens with one attached hydrogen (secondary N) is 1. The number of hydrogen-bond donors (Lipinski definition) is 2. The normalized spacial score (nSPS) is 10.5. The molecule has 1 amide bonds. The number of nitrogens with zero attached hydrogens (tertiary/aromatic N) is 1. The average Bonchev–Trinajstić information content (AvgIpc) is 2.64. The largest absolute Gasteiger partial charge is 0.481 e. The summed E-state index contributed by atoms with van der Waals surface area (Å²) < 4.78 is 25.5. The smallest absolute Gasteiger partial charge is 0.305 e. The number of aromatic nitrogens is 1. The minimum atomic E-state index is -2.55. The Balaban J connectivity index is 2.56. The van der Waals surface area contributed by atoms with E-state index < -0.39 is 24.8 Å². The molecular formula is C10H12F2N2O3. The van der Waals surface area contributed by atoms with Crippen molar-refractivity contribution in [2.24, 2.45) is 0 Å². The van der Waals surface area contributed by atoms with Gasteiger partial charge >= 0.3 is 5.97 Å². The molecule has 17 heavy (non-hydrogen) atoms. The summed E-state index contributed by atoms with van der Waals surface area (Å²) in [6.45, 7) is -0.595. The molecule has 1 heterocycles. The second kappa shape index (κ2) is 5.97. The zero-order valence-electron chi connectivity index (χ0n) is 8.90. The van der Waals surface area contributed by atoms with Gasteiger partial charge in [-0.2, -0.15) is 0 Å². The first-order valence-corrected chi connectivity index (χ1v) is 4.94. The Morgan fingerprint density at radius 1 is 1.47 bits per heavy atom. The van der Waals surface area contributed by atoms with E-state index in [0.717, 1.165) is 4.57 Å². The van der Waals surface area contributed by atoms with Gasteiger partial charge in [0.05, 0.1) is 13.0 Å². The first-order chi connectivity index (χ1) is 8.00. The number of carbonyl (C=O) groups is 2. The summed E-state index contributed by atoms with van der Waals surface area (Å²) >= 11 is 0. The quantitative estimate of drug-likeness (QED) is 0.785. The zero-order valence-corrected chi connectivity index (χ0v) is 8.90. The number of amides is 1. The summed E-state index contributed by atoms with van der Waals surface area (Å²) in [5.41, 5.74) is 0.0932. The molecule has 0 unspecified atom stereocenters. The minimum absolute atomic E-state index is 0.0337. The van der Waals surface area contributed by atoms with Crippen LogP contribution in [-0.4, -0.2) is 34.5 Å². The van der Waals surface area contributed by atoms with Crippen molar-refractivity contribution in [2.75, 3.05) is 6.54 Å². The number of hydrogen-bond acceptors (Lipinski definition) is 2. The lowest BCUT2D eigenvalue weighted by atomic mass is 10.3. The van der Waals surface area contributed by atoms with Crippen LogP contribution in [-0.2, 0) is 11.3 Å². The Kier molecular flexibility index (Phi) is 4.62. The maximum atomic E-state index is 12.2. The predicted octanol–water partition coefficient (Wildman–Crippen LogP) is 0.958. The fourth-order valence-electron chi connectivity index (χ4n) is 1.30. The van der Waals surface area contributed by atoms with E-state index in [-0.39, 0.29) is 18.7 Å². The number of alkyl halides is 2. The molecule has 0 aliphatic rings. The van der Waals surface area contributed by atoms with Gasteiger partial charge in [0.2, 0.25) is 0 Å². The fourth-order valence-corrected chi connectivity index (χ4v) is 1.30. The molecule has 0 aliphatic carbocycles. The Labute approximate surface area is 96.0 Å². The van der Waals surface area contributed by atoms with Crippen molar-refractivity contribution in [2.45, 2.75) is 19.4 Å². The molecule has 0 radical (unpaired) electrons. The number of rotatable bonds is 6. The van der Waals surface area contributed by atoms with Crippen LogP contribution in [0, 0.1) is 0 Å². The van der Waals surface area contributed by atoms with Crippen LogP contribution in [0.2, 0.25) is 0 Å². The third-order valence-electron chi connectivity index (χ3n) is 2.02. The highest BCUT2D eigenvalue weighted by Gasteiger charge is 2.13. The van der Waals surface area contributed by atoms with Crippen LogP contribution in [0.3, 0.4) is 0 Å². The molecule has 1 rings (SSSR count). The predicted molar refractivity (Wildman–Crippen MR) is 55.0 cm³/mol. The molecule has 7 heteroatoms. The van der Waals surface area contributed by atoms with Crippen LogP contribution in [0.5, 0.6) is 0 Å². The van der Waals surface area contributed by atoms with Gasteiger partial charge in [0.1, 0.15) is 5.69 Å². The molecule has 0 saturated heterocycles. The van der Waals surface area contributed by atoms with Gasteiger partial charge < -0.3 is 15.0 Å². The van der Waals surface area contributed by atoms with Crippen LogP contribution < -0.4 is 5.32 Å². The Hall–Kier alpha value is -1.92. The summed E-state index contributed by atoms with van der Waals surface area (Å²) in [4.78, 5) is 21.7. The van der Waals surface area contributed by atoms with Crippen LogP contribution in [0.15, 0.2) is 18.3 Å². The molecule has 94 valence electrons. The molecule has 0 aromatic carbocycles. The van der Waals surface area contributed by atoms with Crippen molar-refractivity contribution < 1.29 is 23.5 Å². The highest BCUT2D eigenvalue weighted by atomic mass is 19.3. The van der Waals surface area contributed by atoms with Gasteiger partial charge in [0.15, 0.2) is 0 Å². The lowest BCUT2D eigenvalue weighted by molar-refractivity contribution is -0.136. The lowest BCUT2D eigenvalue weighted by Gasteiger charge is -2.08. The number of carboxylic acid groups (broad SMARTS) is 1. The second-order valence-electron chi connectivity index (χ2n) is 3.34. The van der Waals surface area contributed by atoms with E-state index in [4.69, 9.17) is 5.11 Å². The summed E-state index contributed by atoms with van der Waals surface area (Å²) in [7, 11) is 0. The monoisotopic (exact) mass is 246 g/mol. The first-order valence-electron chi connectivity index (χ1n) is 4.94. The summed E-state index contributed by atoms with van der Waals surface area (Å²) in [5.74, 6) is -1.59. The zero-order chi connectivity index (χ0) is 12.8. The van der Waals surface area contributed by atoms with E-state index in [2.05, 4.69) is 5.32 Å². The van der Waals surface area contributed by atoms with E-state index in [1.165, 1.54) is 18.3 Å². The molecule has 0 saturated carbocycles. The number of halogens is 2. The van der Waals surface area contributed by atoms with Crippen molar-refractivity contribution >= 4 is 11.9 Å². The van der Waals surface area contributed by atoms with E-state index >= 15 is 0 Å². The van der Waals surface area contributed by atoms with Gasteiger partial charge in [-0.25, -0.2) is 8.78 Å². The van der Waals surface area contributed by atoms with E-state index in [9.17, 15) is 18.4 Å². The second-order valence-corrected chi connectivity index (χ2v) is 3.34. The van der Waals surface area contributed by atoms with Crippen molar-refractivity contribution in [3.63, 3.8) is 0 Å². The number of carbonyl (C=O) groups excluding carboxylic acids is 1. The van der Waals surface area contributed by atoms with E-state index in [1.807, 2.05) is 0 Å². The highest BCUT2D eigenvalue weighted by molar-refractivity contribution is 5.92. The molecular weight excluding hydrogens is 234 g/mol. The molecule has 0 spiro atoms. The third kappa shape index (κ3) is 4.21. The summed E-state index contributed by atoms with van der Waals surface area (Å²) in [6, 6.07) is 2.88. The number of carboxylic acids is 1. The van der Waals surface area contributed by atoms with Crippen LogP contribution >= 0.6 is 0 Å². The molecule has 5 nitrogen and oxygen atoms in total. The van der Waals surface area contributed by atoms with Crippen molar-refractivity contribution in [3.8, 4) is 0 Å². The SMILES string of the molecule is O=C(O)CCNC(=O)c1cccn1CC(F)F. The molecule has 0 atom stereocenters. The summed E-state index contributed by atoms with van der Waals surface area (Å²) in [5, 5.41) is 10.7. The van der Waals surface area contributed by atoms with Crippen LogP contribution in [0.25, 0.3) is 0 Å². The van der Waals surface area contributed by atoms with Crippen LogP contribution in [0.4, 0.5) is 8.78 Å². The molecule has 0 aliphatic heterocycles. The molecule has 2 N–H and O–H groups in total. The van der Waals surface area contributed by atoms with E-state index in [0.29, 0.717) is 0 Å². The average molecular weight is 246 g/mol. The van der Waals surface area contributed by atoms with Gasteiger partial charge in [-0.3, -0.25) is 9.59 Å². The van der Waals surface area contributed by atoms with Gasteiger partial charge in [0, 0.05) is 12.7 Å². The van der Waals surface area contributed by atoms with E-state index in [1.54, 1.807) is 0 Å². The van der Waals surface area contributed by atoms with Crippen molar-refractivity contribution in [3.05, 3.63) is 24.0 Å². The standard InChI is InChI=1S/C10H12F2N2O3/c11-8(12)6-14-5-1-2-7(14)10(17)13-4-3-9(15)16/h1-2,5,8H,3-4,6H2,(H,13,17)(H,15,16). The van der Waals surface area contributed by atoms with Crippen molar-refractivity contribution in [1.82, 2.24) is 9.88 Å². The molecule has 0 bridgehead atoms. The topological polar surface area (TPSA) is 71.3 Å². The molecule has 0 fully saturated rings. The minimum Gasteiger partial charge on any atom is -0.481 e. The van der Waals surface area contributed by atoms with Crippen molar-refractivity contribution in [1.29, 1.82) is 0 Å². The maximum absolute atomic E-state index is 12.2. The highest BCUT2D eigenvalue weighted by Crippen LogP contribution is 2.06. The Bertz CT molecular complexity index is 404. The summed E-state index contributed by atoms with van der Waals surface area (Å²) in [6.07, 6.45) is -1.38. The Morgan fingerprint density at radius 2 is 2.18 bits per heavy atom. The van der Waals surface area contributed by atoms with Crippen LogP contribution in [0.1, 0.15) is 16.9 Å². The fraction of sp³-hybridized carbons (Fsp3) is 0.400. The first kappa shape index (κ1) is 13.1. The van der Waals surface area contributed by atoms with Gasteiger partial charge in [-0.1, -0.05) is 0 Å². The maximum Gasteiger partial charge on any atom is 0.305 e. The lowest BCUT2D eigenvalue weighted by Crippen LogP contribution is -2.28.